The summed E-state index contributed by atoms with van der Waals surface area (Å²) < 4.78 is -0.316. The van der Waals surface area contributed by atoms with Crippen LogP contribution >= 0.6 is 0 Å². The van der Waals surface area contributed by atoms with E-state index in [0.717, 1.165) is 19.5 Å². The zero-order valence-electron chi connectivity index (χ0n) is 14.9. The number of quaternary nitrogens is 1. The van der Waals surface area contributed by atoms with E-state index in [1.807, 2.05) is 14.1 Å². The maximum absolute atomic E-state index is 11.0. The topological polar surface area (TPSA) is 84.5 Å². The molecular weight excluding hydrogens is 296 g/mol. The van der Waals surface area contributed by atoms with Crippen LogP contribution in [0.5, 0.6) is 0 Å². The Morgan fingerprint density at radius 3 is 1.83 bits per heavy atom. The average Bonchev–Trinajstić information content (AvgIpc) is 2.47. The Kier molecular flexibility index (Phi) is 14.3. The van der Waals surface area contributed by atoms with E-state index in [2.05, 4.69) is 28.7 Å². The molecule has 134 valence electrons. The second-order valence-electron chi connectivity index (χ2n) is 5.80. The second kappa shape index (κ2) is 13.9. The average molecular weight is 328 g/mol. The largest absolute Gasteiger partial charge is 0.633 e. The molecule has 0 aromatic carbocycles. The molecule has 0 atom stereocenters. The van der Waals surface area contributed by atoms with E-state index in [9.17, 15) is 14.8 Å². The van der Waals surface area contributed by atoms with Gasteiger partial charge in [-0.3, -0.25) is 9.59 Å². The maximum atomic E-state index is 11.0. The summed E-state index contributed by atoms with van der Waals surface area (Å²) in [6, 6.07) is 0. The summed E-state index contributed by atoms with van der Waals surface area (Å²) in [7, 11) is 7.18. The third-order valence-corrected chi connectivity index (χ3v) is 2.62. The highest BCUT2D eigenvalue weighted by Crippen LogP contribution is 1.93. The number of nitrogens with zero attached hydrogens (tertiary/aromatic N) is 2. The lowest BCUT2D eigenvalue weighted by atomic mass is 10.4. The van der Waals surface area contributed by atoms with Gasteiger partial charge in [0.2, 0.25) is 11.8 Å². The standard InChI is InChI=1S/C8H16N2O2.C8H16N2O/c1-4-8(11)9-6-5-7-10(2,3)12;1-4-8(11)9-6-5-7-10(2)3/h4H,1,5-7H2,2-3H3,(H,9,11);4H,1,5-7H2,2-3H3,(H,9,11). The van der Waals surface area contributed by atoms with E-state index in [4.69, 9.17) is 0 Å². The number of amides is 2. The molecule has 0 radical (unpaired) electrons. The van der Waals surface area contributed by atoms with Crippen LogP contribution < -0.4 is 10.6 Å². The Morgan fingerprint density at radius 1 is 1.04 bits per heavy atom. The molecule has 7 heteroatoms. The Labute approximate surface area is 140 Å². The summed E-state index contributed by atoms with van der Waals surface area (Å²) >= 11 is 0. The first kappa shape index (κ1) is 23.6. The molecule has 0 aliphatic heterocycles. The van der Waals surface area contributed by atoms with Crippen LogP contribution in [0.2, 0.25) is 0 Å². The molecule has 2 N–H and O–H groups in total. The Morgan fingerprint density at radius 2 is 1.48 bits per heavy atom. The fourth-order valence-corrected chi connectivity index (χ4v) is 1.42. The van der Waals surface area contributed by atoms with Crippen molar-refractivity contribution in [1.82, 2.24) is 15.5 Å². The van der Waals surface area contributed by atoms with Gasteiger partial charge in [-0.05, 0) is 39.2 Å². The third-order valence-electron chi connectivity index (χ3n) is 2.62. The van der Waals surface area contributed by atoms with Crippen LogP contribution in [0.1, 0.15) is 12.8 Å². The zero-order chi connectivity index (χ0) is 18.3. The summed E-state index contributed by atoms with van der Waals surface area (Å²) in [6.07, 6.45) is 4.18. The van der Waals surface area contributed by atoms with Gasteiger partial charge in [-0.25, -0.2) is 0 Å². The van der Waals surface area contributed by atoms with Crippen LogP contribution in [-0.4, -0.2) is 75.7 Å². The van der Waals surface area contributed by atoms with Crippen LogP contribution in [0.15, 0.2) is 25.3 Å². The summed E-state index contributed by atoms with van der Waals surface area (Å²) in [5.41, 5.74) is 0. The maximum Gasteiger partial charge on any atom is 0.243 e. The van der Waals surface area contributed by atoms with Crippen molar-refractivity contribution in [2.75, 3.05) is 54.4 Å². The highest BCUT2D eigenvalue weighted by molar-refractivity contribution is 5.87. The van der Waals surface area contributed by atoms with Crippen LogP contribution in [0.25, 0.3) is 0 Å². The van der Waals surface area contributed by atoms with E-state index in [0.29, 0.717) is 19.5 Å². The van der Waals surface area contributed by atoms with Crippen LogP contribution in [-0.2, 0) is 9.59 Å². The summed E-state index contributed by atoms with van der Waals surface area (Å²) in [5, 5.41) is 16.3. The van der Waals surface area contributed by atoms with E-state index in [-0.39, 0.29) is 16.5 Å². The minimum atomic E-state index is -0.316. The molecule has 23 heavy (non-hydrogen) atoms. The van der Waals surface area contributed by atoms with Crippen molar-refractivity contribution in [3.63, 3.8) is 0 Å². The first-order valence-corrected chi connectivity index (χ1v) is 7.61. The van der Waals surface area contributed by atoms with Crippen molar-refractivity contribution in [2.24, 2.45) is 0 Å². The molecule has 2 amide bonds. The zero-order valence-corrected chi connectivity index (χ0v) is 14.9. The lowest BCUT2D eigenvalue weighted by molar-refractivity contribution is -0.840. The smallest absolute Gasteiger partial charge is 0.243 e. The number of carbonyl (C=O) groups excluding carboxylic acids is 2. The van der Waals surface area contributed by atoms with Crippen LogP contribution in [0.3, 0.4) is 0 Å². The molecule has 0 bridgehead atoms. The van der Waals surface area contributed by atoms with E-state index >= 15 is 0 Å². The highest BCUT2D eigenvalue weighted by Gasteiger charge is 2.01. The van der Waals surface area contributed by atoms with Gasteiger partial charge in [0.15, 0.2) is 0 Å². The van der Waals surface area contributed by atoms with Gasteiger partial charge in [0.25, 0.3) is 0 Å². The first-order chi connectivity index (χ1) is 10.6. The summed E-state index contributed by atoms with van der Waals surface area (Å²) in [6.45, 7) is 9.43. The van der Waals surface area contributed by atoms with Crippen molar-refractivity contribution in [3.05, 3.63) is 30.5 Å². The summed E-state index contributed by atoms with van der Waals surface area (Å²) in [5.74, 6) is -0.282. The van der Waals surface area contributed by atoms with Crippen molar-refractivity contribution < 1.29 is 14.2 Å². The highest BCUT2D eigenvalue weighted by atomic mass is 16.5. The third kappa shape index (κ3) is 22.7. The van der Waals surface area contributed by atoms with Crippen molar-refractivity contribution in [2.45, 2.75) is 12.8 Å². The Hall–Kier alpha value is -1.70. The number of hydrogen-bond donors (Lipinski definition) is 2. The number of hydroxylamine groups is 3. The fraction of sp³-hybridized carbons (Fsp3) is 0.625. The van der Waals surface area contributed by atoms with E-state index in [1.54, 1.807) is 14.1 Å². The van der Waals surface area contributed by atoms with Gasteiger partial charge in [0.05, 0.1) is 20.6 Å². The van der Waals surface area contributed by atoms with Gasteiger partial charge in [0, 0.05) is 19.5 Å². The lowest BCUT2D eigenvalue weighted by Gasteiger charge is -2.33. The summed E-state index contributed by atoms with van der Waals surface area (Å²) in [4.78, 5) is 23.3. The Balaban J connectivity index is 0. The van der Waals surface area contributed by atoms with Crippen molar-refractivity contribution in [1.29, 1.82) is 0 Å². The molecule has 0 saturated heterocycles. The Bertz CT molecular complexity index is 363. The van der Waals surface area contributed by atoms with Crippen LogP contribution in [0.4, 0.5) is 0 Å². The van der Waals surface area contributed by atoms with Gasteiger partial charge in [0.1, 0.15) is 0 Å². The first-order valence-electron chi connectivity index (χ1n) is 7.61. The monoisotopic (exact) mass is 328 g/mol. The molecule has 0 aliphatic rings. The van der Waals surface area contributed by atoms with Gasteiger partial charge < -0.3 is 25.4 Å². The van der Waals surface area contributed by atoms with Gasteiger partial charge >= 0.3 is 0 Å². The second-order valence-corrected chi connectivity index (χ2v) is 5.80. The van der Waals surface area contributed by atoms with E-state index < -0.39 is 0 Å². The number of hydrogen-bond acceptors (Lipinski definition) is 4. The SMILES string of the molecule is C=CC(=O)NCCCN(C)C.C=CC(=O)NCCC[N+](C)(C)[O-]. The normalized spacial score (nSPS) is 10.3. The number of rotatable bonds is 10. The number of nitrogens with one attached hydrogen (secondary N) is 2. The predicted molar refractivity (Wildman–Crippen MR) is 94.5 cm³/mol. The molecule has 0 aromatic heterocycles. The molecule has 0 fully saturated rings. The van der Waals surface area contributed by atoms with Gasteiger partial charge in [-0.15, -0.1) is 0 Å². The van der Waals surface area contributed by atoms with Crippen molar-refractivity contribution >= 4 is 11.8 Å². The molecule has 7 nitrogen and oxygen atoms in total. The van der Waals surface area contributed by atoms with Gasteiger partial charge in [-0.1, -0.05) is 13.2 Å². The minimum absolute atomic E-state index is 0.0937. The lowest BCUT2D eigenvalue weighted by Crippen LogP contribution is -2.35. The van der Waals surface area contributed by atoms with Gasteiger partial charge in [-0.2, -0.15) is 0 Å². The molecule has 0 heterocycles. The quantitative estimate of drug-likeness (QED) is 0.265. The molecular formula is C16H32N4O3. The molecule has 0 spiro atoms. The van der Waals surface area contributed by atoms with E-state index in [1.165, 1.54) is 12.2 Å². The predicted octanol–water partition coefficient (Wildman–Crippen LogP) is 0.493. The molecule has 0 saturated carbocycles. The molecule has 0 aliphatic carbocycles. The number of carbonyl (C=O) groups is 2. The molecule has 0 aromatic rings. The molecule has 0 unspecified atom stereocenters. The molecule has 0 rings (SSSR count). The fourth-order valence-electron chi connectivity index (χ4n) is 1.42. The van der Waals surface area contributed by atoms with Crippen LogP contribution in [0, 0.1) is 5.21 Å². The minimum Gasteiger partial charge on any atom is -0.633 e. The van der Waals surface area contributed by atoms with Crippen molar-refractivity contribution in [3.8, 4) is 0 Å².